The number of likely N-dealkylation sites (tertiary alicyclic amines) is 1. The lowest BCUT2D eigenvalue weighted by Gasteiger charge is -2.30. The second-order valence-electron chi connectivity index (χ2n) is 9.62. The molecule has 38 heavy (non-hydrogen) atoms. The van der Waals surface area contributed by atoms with E-state index in [-0.39, 0.29) is 23.2 Å². The van der Waals surface area contributed by atoms with E-state index >= 15 is 0 Å². The third kappa shape index (κ3) is 5.67. The first-order chi connectivity index (χ1) is 18.2. The average Bonchev–Trinajstić information content (AvgIpc) is 3.17. The van der Waals surface area contributed by atoms with Crippen molar-refractivity contribution >= 4 is 50.5 Å². The summed E-state index contributed by atoms with van der Waals surface area (Å²) in [4.78, 5) is 22.7. The summed E-state index contributed by atoms with van der Waals surface area (Å²) in [7, 11) is -1.77. The largest absolute Gasteiger partial charge is 0.378 e. The molecule has 2 aliphatic heterocycles. The van der Waals surface area contributed by atoms with Crippen molar-refractivity contribution in [3.05, 3.63) is 46.6 Å². The van der Waals surface area contributed by atoms with Gasteiger partial charge >= 0.3 is 0 Å². The standard InChI is InChI=1S/C25H32ClN7O4S/c1-27-22-16-24(31-10-12-37-13-11-31)33-23(28-22)15-20(29-33)21-6-4-3-5-9-32(21)25(34)18-14-17(26)7-8-19(18)30-38(2,35)36/h7-8,14-16,21,30H,3-6,9-13H2,1-2H3,(H,27,28). The Balaban J connectivity index is 1.56. The molecule has 2 aliphatic rings. The molecule has 2 fully saturated rings. The molecule has 0 bridgehead atoms. The van der Waals surface area contributed by atoms with Crippen LogP contribution in [0.5, 0.6) is 0 Å². The molecular weight excluding hydrogens is 530 g/mol. The number of nitrogens with zero attached hydrogens (tertiary/aromatic N) is 5. The van der Waals surface area contributed by atoms with E-state index < -0.39 is 10.0 Å². The Labute approximate surface area is 227 Å². The maximum absolute atomic E-state index is 14.0. The zero-order valence-electron chi connectivity index (χ0n) is 21.5. The van der Waals surface area contributed by atoms with Crippen LogP contribution >= 0.6 is 11.6 Å². The Bertz CT molecular complexity index is 1440. The van der Waals surface area contributed by atoms with Crippen molar-refractivity contribution in [1.29, 1.82) is 0 Å². The number of hydrogen-bond acceptors (Lipinski definition) is 8. The summed E-state index contributed by atoms with van der Waals surface area (Å²) in [5, 5.41) is 8.45. The molecule has 0 radical (unpaired) electrons. The molecule has 1 amide bonds. The van der Waals surface area contributed by atoms with Crippen molar-refractivity contribution in [2.24, 2.45) is 0 Å². The topological polar surface area (TPSA) is 121 Å². The Hall–Kier alpha value is -3.09. The summed E-state index contributed by atoms with van der Waals surface area (Å²) in [6.45, 7) is 3.29. The fourth-order valence-corrected chi connectivity index (χ4v) is 5.83. The van der Waals surface area contributed by atoms with Gasteiger partial charge in [-0.3, -0.25) is 9.52 Å². The number of rotatable bonds is 6. The molecule has 2 saturated heterocycles. The number of fused-ring (bicyclic) bond motifs is 1. The highest BCUT2D eigenvalue weighted by Crippen LogP contribution is 2.34. The number of carbonyl (C=O) groups excluding carboxylic acids is 1. The zero-order valence-corrected chi connectivity index (χ0v) is 23.1. The van der Waals surface area contributed by atoms with Crippen molar-refractivity contribution in [1.82, 2.24) is 19.5 Å². The first-order valence-electron chi connectivity index (χ1n) is 12.7. The second kappa shape index (κ2) is 11.0. The predicted octanol–water partition coefficient (Wildman–Crippen LogP) is 3.39. The van der Waals surface area contributed by atoms with Crippen LogP contribution in [0.25, 0.3) is 5.65 Å². The van der Waals surface area contributed by atoms with Crippen LogP contribution in [0.15, 0.2) is 30.3 Å². The van der Waals surface area contributed by atoms with Gasteiger partial charge < -0.3 is 19.9 Å². The molecule has 2 aromatic heterocycles. The van der Waals surface area contributed by atoms with E-state index in [2.05, 4.69) is 14.9 Å². The number of sulfonamides is 1. The third-order valence-corrected chi connectivity index (χ3v) is 7.71. The summed E-state index contributed by atoms with van der Waals surface area (Å²) < 4.78 is 33.8. The lowest BCUT2D eigenvalue weighted by molar-refractivity contribution is 0.0678. The van der Waals surface area contributed by atoms with Crippen LogP contribution in [0.3, 0.4) is 0 Å². The predicted molar refractivity (Wildman–Crippen MR) is 148 cm³/mol. The quantitative estimate of drug-likeness (QED) is 0.470. The molecule has 13 heteroatoms. The van der Waals surface area contributed by atoms with E-state index in [4.69, 9.17) is 26.4 Å². The van der Waals surface area contributed by atoms with Crippen LogP contribution in [0.1, 0.15) is 47.8 Å². The SMILES string of the molecule is CNc1cc(N2CCOCC2)n2nc(C3CCCCCN3C(=O)c3cc(Cl)ccc3NS(C)(=O)=O)cc2n1. The highest BCUT2D eigenvalue weighted by Gasteiger charge is 2.32. The number of anilines is 3. The van der Waals surface area contributed by atoms with Gasteiger partial charge in [-0.2, -0.15) is 9.61 Å². The smallest absolute Gasteiger partial charge is 0.256 e. The molecule has 5 rings (SSSR count). The number of amides is 1. The molecule has 3 aromatic rings. The lowest BCUT2D eigenvalue weighted by Crippen LogP contribution is -2.37. The third-order valence-electron chi connectivity index (χ3n) is 6.88. The van der Waals surface area contributed by atoms with E-state index in [1.54, 1.807) is 11.0 Å². The highest BCUT2D eigenvalue weighted by atomic mass is 35.5. The van der Waals surface area contributed by atoms with Gasteiger partial charge in [-0.15, -0.1) is 0 Å². The van der Waals surface area contributed by atoms with Gasteiger partial charge in [0.2, 0.25) is 10.0 Å². The van der Waals surface area contributed by atoms with Gasteiger partial charge in [0.15, 0.2) is 5.65 Å². The summed E-state index contributed by atoms with van der Waals surface area (Å²) in [6, 6.07) is 8.21. The van der Waals surface area contributed by atoms with Gasteiger partial charge in [0.25, 0.3) is 5.91 Å². The number of halogens is 1. The van der Waals surface area contributed by atoms with Gasteiger partial charge in [0, 0.05) is 43.8 Å². The van der Waals surface area contributed by atoms with Crippen LogP contribution in [0.4, 0.5) is 17.3 Å². The zero-order chi connectivity index (χ0) is 26.9. The monoisotopic (exact) mass is 561 g/mol. The Morgan fingerprint density at radius 2 is 1.89 bits per heavy atom. The normalized spacial score (nSPS) is 18.9. The molecule has 0 spiro atoms. The first-order valence-corrected chi connectivity index (χ1v) is 15.0. The van der Waals surface area contributed by atoms with Crippen molar-refractivity contribution in [2.45, 2.75) is 31.7 Å². The Morgan fingerprint density at radius 1 is 1.11 bits per heavy atom. The number of aromatic nitrogens is 3. The molecule has 0 aliphatic carbocycles. The number of carbonyl (C=O) groups is 1. The van der Waals surface area contributed by atoms with Crippen molar-refractivity contribution < 1.29 is 17.9 Å². The Morgan fingerprint density at radius 3 is 2.63 bits per heavy atom. The van der Waals surface area contributed by atoms with E-state index in [1.165, 1.54) is 12.1 Å². The fraction of sp³-hybridized carbons (Fsp3) is 0.480. The number of nitrogens with one attached hydrogen (secondary N) is 2. The first kappa shape index (κ1) is 26.5. The van der Waals surface area contributed by atoms with Gasteiger partial charge in [-0.25, -0.2) is 13.4 Å². The van der Waals surface area contributed by atoms with E-state index in [0.717, 1.165) is 62.4 Å². The van der Waals surface area contributed by atoms with Gasteiger partial charge in [0.1, 0.15) is 11.6 Å². The van der Waals surface area contributed by atoms with Gasteiger partial charge in [-0.05, 0) is 31.0 Å². The minimum absolute atomic E-state index is 0.204. The number of benzene rings is 1. The van der Waals surface area contributed by atoms with Crippen molar-refractivity contribution in [2.75, 3.05) is 61.1 Å². The maximum atomic E-state index is 14.0. The highest BCUT2D eigenvalue weighted by molar-refractivity contribution is 7.92. The van der Waals surface area contributed by atoms with E-state index in [1.807, 2.05) is 23.7 Å². The summed E-state index contributed by atoms with van der Waals surface area (Å²) in [6.07, 6.45) is 4.55. The lowest BCUT2D eigenvalue weighted by atomic mass is 10.0. The summed E-state index contributed by atoms with van der Waals surface area (Å²) in [5.41, 5.74) is 1.85. The minimum Gasteiger partial charge on any atom is -0.378 e. The van der Waals surface area contributed by atoms with Crippen LogP contribution in [-0.2, 0) is 14.8 Å². The van der Waals surface area contributed by atoms with Crippen LogP contribution in [0, 0.1) is 0 Å². The maximum Gasteiger partial charge on any atom is 0.256 e. The average molecular weight is 562 g/mol. The van der Waals surface area contributed by atoms with Crippen LogP contribution in [-0.4, -0.2) is 80.0 Å². The molecule has 1 atom stereocenters. The van der Waals surface area contributed by atoms with Crippen molar-refractivity contribution in [3.8, 4) is 0 Å². The summed E-state index contributed by atoms with van der Waals surface area (Å²) in [5.74, 6) is 1.35. The second-order valence-corrected chi connectivity index (χ2v) is 11.8. The molecule has 1 unspecified atom stereocenters. The number of hydrogen-bond donors (Lipinski definition) is 2. The summed E-state index contributed by atoms with van der Waals surface area (Å²) >= 11 is 6.24. The van der Waals surface area contributed by atoms with E-state index in [0.29, 0.717) is 30.4 Å². The minimum atomic E-state index is -3.60. The number of ether oxygens (including phenoxy) is 1. The van der Waals surface area contributed by atoms with Crippen molar-refractivity contribution in [3.63, 3.8) is 0 Å². The molecule has 204 valence electrons. The molecule has 1 aromatic carbocycles. The molecule has 11 nitrogen and oxygen atoms in total. The number of morpholine rings is 1. The molecular formula is C25H32ClN7O4S. The van der Waals surface area contributed by atoms with Gasteiger partial charge in [-0.1, -0.05) is 24.4 Å². The fourth-order valence-electron chi connectivity index (χ4n) is 5.08. The van der Waals surface area contributed by atoms with Crippen LogP contribution < -0.4 is 14.9 Å². The molecule has 2 N–H and O–H groups in total. The Kier molecular flexibility index (Phi) is 7.64. The molecule has 4 heterocycles. The van der Waals surface area contributed by atoms with Gasteiger partial charge in [0.05, 0.1) is 42.5 Å². The van der Waals surface area contributed by atoms with E-state index in [9.17, 15) is 13.2 Å². The van der Waals surface area contributed by atoms with Crippen LogP contribution in [0.2, 0.25) is 5.02 Å². The molecule has 0 saturated carbocycles.